The molecule has 2 unspecified atom stereocenters. The molecule has 0 bridgehead atoms. The van der Waals surface area contributed by atoms with Crippen LogP contribution in [0.2, 0.25) is 0 Å². The largest absolute Gasteiger partial charge is 0.477 e. The number of hydrogen-bond acceptors (Lipinski definition) is 5. The van der Waals surface area contributed by atoms with Crippen molar-refractivity contribution in [2.24, 2.45) is 11.3 Å². The molecule has 1 N–H and O–H groups in total. The maximum absolute atomic E-state index is 11.9. The molecule has 0 aliphatic carbocycles. The number of carbonyl (C=O) groups is 1. The van der Waals surface area contributed by atoms with E-state index in [4.69, 9.17) is 19.6 Å². The summed E-state index contributed by atoms with van der Waals surface area (Å²) in [4.78, 5) is 32.8. The lowest BCUT2D eigenvalue weighted by Crippen LogP contribution is -2.52. The maximum atomic E-state index is 11.9. The molecule has 0 heterocycles. The Morgan fingerprint density at radius 1 is 1.04 bits per heavy atom. The van der Waals surface area contributed by atoms with E-state index in [2.05, 4.69) is 0 Å². The Bertz CT molecular complexity index is 355. The van der Waals surface area contributed by atoms with Crippen LogP contribution in [0.3, 0.4) is 0 Å². The van der Waals surface area contributed by atoms with Gasteiger partial charge >= 0.3 is 11.8 Å². The SMILES string of the molecule is CCCCOOC(OOC(C)(C)C)(C(=O)O)C(C)CC(C)(C)C. The van der Waals surface area contributed by atoms with Gasteiger partial charge in [0.2, 0.25) is 0 Å². The van der Waals surface area contributed by atoms with Crippen molar-refractivity contribution in [1.29, 1.82) is 0 Å². The minimum atomic E-state index is -2.01. The third-order valence-electron chi connectivity index (χ3n) is 3.04. The molecule has 0 aliphatic heterocycles. The fourth-order valence-electron chi connectivity index (χ4n) is 2.03. The fraction of sp³-hybridized carbons (Fsp3) is 0.941. The van der Waals surface area contributed by atoms with Crippen molar-refractivity contribution in [2.45, 2.75) is 86.0 Å². The van der Waals surface area contributed by atoms with E-state index in [1.165, 1.54) is 0 Å². The molecule has 0 aromatic heterocycles. The van der Waals surface area contributed by atoms with Crippen molar-refractivity contribution in [2.75, 3.05) is 6.61 Å². The maximum Gasteiger partial charge on any atom is 0.370 e. The summed E-state index contributed by atoms with van der Waals surface area (Å²) in [6.45, 7) is 15.5. The summed E-state index contributed by atoms with van der Waals surface area (Å²) in [5.74, 6) is -3.76. The molecule has 0 rings (SSSR count). The number of carboxylic acid groups (broad SMARTS) is 1. The van der Waals surface area contributed by atoms with Gasteiger partial charge in [0, 0.05) is 5.92 Å². The van der Waals surface area contributed by atoms with Crippen LogP contribution in [0.15, 0.2) is 0 Å². The summed E-state index contributed by atoms with van der Waals surface area (Å²) in [6, 6.07) is 0. The summed E-state index contributed by atoms with van der Waals surface area (Å²) in [5, 5.41) is 9.73. The van der Waals surface area contributed by atoms with Crippen molar-refractivity contribution in [3.8, 4) is 0 Å². The smallest absolute Gasteiger partial charge is 0.370 e. The van der Waals surface area contributed by atoms with Gasteiger partial charge in [-0.2, -0.15) is 9.78 Å². The summed E-state index contributed by atoms with van der Waals surface area (Å²) < 4.78 is 0. The molecule has 0 aliphatic rings. The molecule has 2 atom stereocenters. The minimum Gasteiger partial charge on any atom is -0.477 e. The standard InChI is InChI=1S/C17H34O6/c1-9-10-11-20-22-17(14(18)19,23-21-16(6,7)8)13(2)12-15(3,4)5/h13H,9-12H2,1-8H3,(H,18,19). The first-order valence-electron chi connectivity index (χ1n) is 8.25. The quantitative estimate of drug-likeness (QED) is 0.277. The van der Waals surface area contributed by atoms with Gasteiger partial charge < -0.3 is 5.11 Å². The van der Waals surface area contributed by atoms with Gasteiger partial charge in [0.25, 0.3) is 0 Å². The van der Waals surface area contributed by atoms with E-state index in [1.807, 2.05) is 27.7 Å². The number of unbranched alkanes of at least 4 members (excludes halogenated alkanes) is 1. The van der Waals surface area contributed by atoms with Gasteiger partial charge in [-0.15, -0.1) is 0 Å². The van der Waals surface area contributed by atoms with E-state index in [0.29, 0.717) is 13.0 Å². The van der Waals surface area contributed by atoms with Gasteiger partial charge in [-0.25, -0.2) is 14.6 Å². The molecule has 0 radical (unpaired) electrons. The molecular weight excluding hydrogens is 300 g/mol. The van der Waals surface area contributed by atoms with Crippen LogP contribution in [-0.4, -0.2) is 29.1 Å². The van der Waals surface area contributed by atoms with Crippen molar-refractivity contribution in [3.05, 3.63) is 0 Å². The van der Waals surface area contributed by atoms with Crippen molar-refractivity contribution in [1.82, 2.24) is 0 Å². The third kappa shape index (κ3) is 8.65. The molecular formula is C17H34O6. The van der Waals surface area contributed by atoms with Gasteiger partial charge in [0.1, 0.15) is 0 Å². The second-order valence-corrected chi connectivity index (χ2v) is 8.18. The highest BCUT2D eigenvalue weighted by Gasteiger charge is 2.51. The molecule has 0 amide bonds. The molecule has 0 fully saturated rings. The van der Waals surface area contributed by atoms with Crippen LogP contribution >= 0.6 is 0 Å². The molecule has 0 saturated carbocycles. The Labute approximate surface area is 140 Å². The zero-order valence-corrected chi connectivity index (χ0v) is 15.9. The Morgan fingerprint density at radius 2 is 1.61 bits per heavy atom. The first-order valence-corrected chi connectivity index (χ1v) is 8.25. The van der Waals surface area contributed by atoms with Crippen LogP contribution in [0.25, 0.3) is 0 Å². The van der Waals surface area contributed by atoms with Crippen LogP contribution in [0, 0.1) is 11.3 Å². The number of carboxylic acids is 1. The normalized spacial score (nSPS) is 16.9. The molecule has 0 saturated heterocycles. The molecule has 0 aromatic carbocycles. The highest BCUT2D eigenvalue weighted by atomic mass is 17.3. The first kappa shape index (κ1) is 22.3. The molecule has 0 aromatic rings. The van der Waals surface area contributed by atoms with Crippen molar-refractivity contribution < 1.29 is 29.5 Å². The van der Waals surface area contributed by atoms with Gasteiger partial charge in [-0.1, -0.05) is 41.0 Å². The fourth-order valence-corrected chi connectivity index (χ4v) is 2.03. The van der Waals surface area contributed by atoms with Gasteiger partial charge in [-0.3, -0.25) is 0 Å². The predicted octanol–water partition coefficient (Wildman–Crippen LogP) is 4.33. The molecule has 23 heavy (non-hydrogen) atoms. The number of hydrogen-bond donors (Lipinski definition) is 1. The molecule has 0 spiro atoms. The van der Waals surface area contributed by atoms with E-state index in [-0.39, 0.29) is 5.41 Å². The molecule has 6 heteroatoms. The lowest BCUT2D eigenvalue weighted by Gasteiger charge is -2.36. The average molecular weight is 334 g/mol. The summed E-state index contributed by atoms with van der Waals surface area (Å²) in [7, 11) is 0. The van der Waals surface area contributed by atoms with E-state index < -0.39 is 23.3 Å². The third-order valence-corrected chi connectivity index (χ3v) is 3.04. The van der Waals surface area contributed by atoms with Crippen LogP contribution in [0.5, 0.6) is 0 Å². The van der Waals surface area contributed by atoms with Crippen molar-refractivity contribution >= 4 is 5.97 Å². The Kier molecular flexibility index (Phi) is 8.70. The molecule has 6 nitrogen and oxygen atoms in total. The average Bonchev–Trinajstić information content (AvgIpc) is 2.34. The van der Waals surface area contributed by atoms with Gasteiger partial charge in [0.15, 0.2) is 0 Å². The summed E-state index contributed by atoms with van der Waals surface area (Å²) >= 11 is 0. The second kappa shape index (κ2) is 8.97. The van der Waals surface area contributed by atoms with Gasteiger partial charge in [0.05, 0.1) is 12.2 Å². The lowest BCUT2D eigenvalue weighted by atomic mass is 9.81. The monoisotopic (exact) mass is 334 g/mol. The summed E-state index contributed by atoms with van der Waals surface area (Å²) in [6.07, 6.45) is 2.24. The summed E-state index contributed by atoms with van der Waals surface area (Å²) in [5.41, 5.74) is -0.771. The van der Waals surface area contributed by atoms with E-state index in [9.17, 15) is 9.90 Å². The van der Waals surface area contributed by atoms with Crippen LogP contribution in [0.1, 0.15) is 74.7 Å². The second-order valence-electron chi connectivity index (χ2n) is 8.18. The molecule has 138 valence electrons. The van der Waals surface area contributed by atoms with E-state index in [1.54, 1.807) is 27.7 Å². The topological polar surface area (TPSA) is 74.2 Å². The van der Waals surface area contributed by atoms with Crippen LogP contribution < -0.4 is 0 Å². The minimum absolute atomic E-state index is 0.0992. The Hall–Kier alpha value is -0.690. The van der Waals surface area contributed by atoms with E-state index in [0.717, 1.165) is 12.8 Å². The van der Waals surface area contributed by atoms with Crippen LogP contribution in [-0.2, 0) is 24.3 Å². The number of aliphatic carboxylic acids is 1. The zero-order valence-electron chi connectivity index (χ0n) is 15.9. The first-order chi connectivity index (χ1) is 10.3. The van der Waals surface area contributed by atoms with Crippen molar-refractivity contribution in [3.63, 3.8) is 0 Å². The number of rotatable bonds is 10. The van der Waals surface area contributed by atoms with Crippen LogP contribution in [0.4, 0.5) is 0 Å². The van der Waals surface area contributed by atoms with E-state index >= 15 is 0 Å². The van der Waals surface area contributed by atoms with Gasteiger partial charge in [-0.05, 0) is 39.0 Å². The Morgan fingerprint density at radius 3 is 2.00 bits per heavy atom. The Balaban J connectivity index is 5.27. The zero-order chi connectivity index (χ0) is 18.3. The lowest BCUT2D eigenvalue weighted by molar-refractivity contribution is -0.524. The highest BCUT2D eigenvalue weighted by Crippen LogP contribution is 2.35. The predicted molar refractivity (Wildman–Crippen MR) is 87.5 cm³/mol. The highest BCUT2D eigenvalue weighted by molar-refractivity contribution is 5.75.